The fraction of sp³-hybridized carbons (Fsp3) is 0.625. The summed E-state index contributed by atoms with van der Waals surface area (Å²) in [5, 5.41) is 18.0. The van der Waals surface area contributed by atoms with Crippen molar-refractivity contribution in [1.29, 1.82) is 0 Å². The lowest BCUT2D eigenvalue weighted by Crippen LogP contribution is -2.26. The molecule has 1 aliphatic rings. The quantitative estimate of drug-likeness (QED) is 0.602. The van der Waals surface area contributed by atoms with Crippen molar-refractivity contribution in [3.8, 4) is 0 Å². The van der Waals surface area contributed by atoms with Gasteiger partial charge in [0.1, 0.15) is 11.4 Å². The van der Waals surface area contributed by atoms with E-state index in [4.69, 9.17) is 0 Å². The number of anilines is 2. The Morgan fingerprint density at radius 3 is 2.76 bits per heavy atom. The standard InChI is InChI=1S/C16H25N3O2/c1-3-10-17-14-8-5-9-15(16(14)19(20)21)18-13-7-4-6-12(2)11-13/h5,8-9,12-13,17-18H,3-4,6-7,10-11H2,1-2H3. The van der Waals surface area contributed by atoms with Gasteiger partial charge in [0.25, 0.3) is 0 Å². The van der Waals surface area contributed by atoms with Crippen molar-refractivity contribution >= 4 is 17.1 Å². The van der Waals surface area contributed by atoms with Crippen molar-refractivity contribution in [3.63, 3.8) is 0 Å². The van der Waals surface area contributed by atoms with E-state index < -0.39 is 0 Å². The lowest BCUT2D eigenvalue weighted by Gasteiger charge is -2.28. The molecular formula is C16H25N3O2. The van der Waals surface area contributed by atoms with Crippen LogP contribution in [-0.2, 0) is 0 Å². The van der Waals surface area contributed by atoms with Crippen molar-refractivity contribution in [1.82, 2.24) is 0 Å². The molecule has 1 saturated carbocycles. The van der Waals surface area contributed by atoms with Gasteiger partial charge in [-0.1, -0.05) is 32.8 Å². The maximum atomic E-state index is 11.4. The van der Waals surface area contributed by atoms with Crippen LogP contribution in [0.15, 0.2) is 18.2 Å². The van der Waals surface area contributed by atoms with Gasteiger partial charge >= 0.3 is 5.69 Å². The molecule has 21 heavy (non-hydrogen) atoms. The Morgan fingerprint density at radius 1 is 1.33 bits per heavy atom. The predicted octanol–water partition coefficient (Wildman–Crippen LogP) is 4.41. The molecule has 1 fully saturated rings. The fourth-order valence-corrected chi connectivity index (χ4v) is 3.04. The smallest absolute Gasteiger partial charge is 0.315 e. The van der Waals surface area contributed by atoms with Crippen LogP contribution in [0.25, 0.3) is 0 Å². The monoisotopic (exact) mass is 291 g/mol. The number of hydrogen-bond donors (Lipinski definition) is 2. The number of rotatable bonds is 6. The molecule has 2 unspecified atom stereocenters. The molecule has 0 aromatic heterocycles. The summed E-state index contributed by atoms with van der Waals surface area (Å²) in [5.41, 5.74) is 1.42. The molecular weight excluding hydrogens is 266 g/mol. The first-order chi connectivity index (χ1) is 10.1. The third-order valence-electron chi connectivity index (χ3n) is 4.08. The van der Waals surface area contributed by atoms with Gasteiger partial charge in [0, 0.05) is 12.6 Å². The highest BCUT2D eigenvalue weighted by molar-refractivity contribution is 5.76. The first kappa shape index (κ1) is 15.6. The minimum absolute atomic E-state index is 0.171. The van der Waals surface area contributed by atoms with Crippen molar-refractivity contribution in [2.24, 2.45) is 5.92 Å². The Kier molecular flexibility index (Phi) is 5.42. The Labute approximate surface area is 126 Å². The lowest BCUT2D eigenvalue weighted by molar-refractivity contribution is -0.383. The molecule has 2 atom stereocenters. The van der Waals surface area contributed by atoms with Crippen molar-refractivity contribution < 1.29 is 4.92 Å². The van der Waals surface area contributed by atoms with E-state index in [1.165, 1.54) is 12.8 Å². The molecule has 1 aromatic rings. The second-order valence-corrected chi connectivity index (χ2v) is 6.00. The van der Waals surface area contributed by atoms with Crippen molar-refractivity contribution in [3.05, 3.63) is 28.3 Å². The summed E-state index contributed by atoms with van der Waals surface area (Å²) in [6.45, 7) is 5.04. The summed E-state index contributed by atoms with van der Waals surface area (Å²) >= 11 is 0. The molecule has 0 heterocycles. The Balaban J connectivity index is 2.19. The Hall–Kier alpha value is -1.78. The summed E-state index contributed by atoms with van der Waals surface area (Å²) in [6, 6.07) is 5.81. The van der Waals surface area contributed by atoms with Crippen LogP contribution in [0.4, 0.5) is 17.1 Å². The van der Waals surface area contributed by atoms with Gasteiger partial charge in [0.15, 0.2) is 0 Å². The number of nitrogens with zero attached hydrogens (tertiary/aromatic N) is 1. The summed E-state index contributed by atoms with van der Waals surface area (Å²) in [6.07, 6.45) is 5.58. The molecule has 1 aliphatic carbocycles. The van der Waals surface area contributed by atoms with E-state index >= 15 is 0 Å². The predicted molar refractivity (Wildman–Crippen MR) is 86.9 cm³/mol. The minimum Gasteiger partial charge on any atom is -0.379 e. The summed E-state index contributed by atoms with van der Waals surface area (Å²) < 4.78 is 0. The van der Waals surface area contributed by atoms with Crippen LogP contribution < -0.4 is 10.6 Å². The van der Waals surface area contributed by atoms with E-state index in [-0.39, 0.29) is 10.6 Å². The normalized spacial score (nSPS) is 21.8. The first-order valence-electron chi connectivity index (χ1n) is 7.89. The van der Waals surface area contributed by atoms with Crippen molar-refractivity contribution in [2.45, 2.75) is 52.0 Å². The third kappa shape index (κ3) is 4.09. The van der Waals surface area contributed by atoms with E-state index in [0.717, 1.165) is 25.8 Å². The second-order valence-electron chi connectivity index (χ2n) is 6.00. The highest BCUT2D eigenvalue weighted by atomic mass is 16.6. The fourth-order valence-electron chi connectivity index (χ4n) is 3.04. The molecule has 5 heteroatoms. The number of benzene rings is 1. The average Bonchev–Trinajstić information content (AvgIpc) is 2.45. The molecule has 0 amide bonds. The number of nitrogens with one attached hydrogen (secondary N) is 2. The van der Waals surface area contributed by atoms with Gasteiger partial charge < -0.3 is 10.6 Å². The topological polar surface area (TPSA) is 67.2 Å². The van der Waals surface area contributed by atoms with E-state index in [2.05, 4.69) is 17.6 Å². The molecule has 2 rings (SSSR count). The number of nitro benzene ring substituents is 1. The van der Waals surface area contributed by atoms with Crippen LogP contribution in [0, 0.1) is 16.0 Å². The van der Waals surface area contributed by atoms with Crippen LogP contribution in [0.1, 0.15) is 46.0 Å². The Bertz CT molecular complexity index is 490. The zero-order chi connectivity index (χ0) is 15.2. The maximum Gasteiger partial charge on any atom is 0.315 e. The zero-order valence-corrected chi connectivity index (χ0v) is 12.9. The van der Waals surface area contributed by atoms with Gasteiger partial charge in [-0.15, -0.1) is 0 Å². The summed E-state index contributed by atoms with van der Waals surface area (Å²) in [7, 11) is 0. The first-order valence-corrected chi connectivity index (χ1v) is 7.89. The number of nitro groups is 1. The van der Waals surface area contributed by atoms with Gasteiger partial charge in [-0.05, 0) is 37.3 Å². The second kappa shape index (κ2) is 7.29. The van der Waals surface area contributed by atoms with Crippen LogP contribution in [0.3, 0.4) is 0 Å². The molecule has 0 saturated heterocycles. The summed E-state index contributed by atoms with van der Waals surface area (Å²) in [5.74, 6) is 0.691. The molecule has 0 radical (unpaired) electrons. The largest absolute Gasteiger partial charge is 0.379 e. The molecule has 1 aromatic carbocycles. The molecule has 5 nitrogen and oxygen atoms in total. The number of hydrogen-bond acceptors (Lipinski definition) is 4. The molecule has 0 bridgehead atoms. The molecule has 116 valence electrons. The van der Waals surface area contributed by atoms with E-state index in [0.29, 0.717) is 23.3 Å². The van der Waals surface area contributed by atoms with Crippen LogP contribution in [-0.4, -0.2) is 17.5 Å². The van der Waals surface area contributed by atoms with E-state index in [1.54, 1.807) is 6.07 Å². The van der Waals surface area contributed by atoms with Gasteiger partial charge in [0.05, 0.1) is 4.92 Å². The molecule has 0 spiro atoms. The number of para-hydroxylation sites is 1. The van der Waals surface area contributed by atoms with Gasteiger partial charge in [0.2, 0.25) is 0 Å². The lowest BCUT2D eigenvalue weighted by atomic mass is 9.87. The van der Waals surface area contributed by atoms with Gasteiger partial charge in [-0.2, -0.15) is 0 Å². The van der Waals surface area contributed by atoms with E-state index in [9.17, 15) is 10.1 Å². The van der Waals surface area contributed by atoms with Gasteiger partial charge in [-0.3, -0.25) is 10.1 Å². The summed E-state index contributed by atoms with van der Waals surface area (Å²) in [4.78, 5) is 11.2. The van der Waals surface area contributed by atoms with E-state index in [1.807, 2.05) is 19.1 Å². The highest BCUT2D eigenvalue weighted by Crippen LogP contribution is 2.35. The minimum atomic E-state index is -0.285. The molecule has 2 N–H and O–H groups in total. The maximum absolute atomic E-state index is 11.4. The van der Waals surface area contributed by atoms with Crippen molar-refractivity contribution in [2.75, 3.05) is 17.2 Å². The highest BCUT2D eigenvalue weighted by Gasteiger charge is 2.24. The van der Waals surface area contributed by atoms with Crippen LogP contribution >= 0.6 is 0 Å². The zero-order valence-electron chi connectivity index (χ0n) is 12.9. The third-order valence-corrected chi connectivity index (χ3v) is 4.08. The Morgan fingerprint density at radius 2 is 2.10 bits per heavy atom. The molecule has 0 aliphatic heterocycles. The SMILES string of the molecule is CCCNc1cccc(NC2CCCC(C)C2)c1[N+](=O)[O-]. The average molecular weight is 291 g/mol. The van der Waals surface area contributed by atoms with Crippen LogP contribution in [0.5, 0.6) is 0 Å². The van der Waals surface area contributed by atoms with Gasteiger partial charge in [-0.25, -0.2) is 0 Å². The van der Waals surface area contributed by atoms with Crippen LogP contribution in [0.2, 0.25) is 0 Å².